The number of nitrogens with one attached hydrogen (secondary N) is 2. The summed E-state index contributed by atoms with van der Waals surface area (Å²) in [7, 11) is 0. The van der Waals surface area contributed by atoms with E-state index in [1.54, 1.807) is 42.5 Å². The molecule has 0 aromatic heterocycles. The lowest BCUT2D eigenvalue weighted by molar-refractivity contribution is -0.125. The maximum atomic E-state index is 13.0. The van der Waals surface area contributed by atoms with Crippen molar-refractivity contribution in [3.05, 3.63) is 65.7 Å². The van der Waals surface area contributed by atoms with E-state index < -0.39 is 24.4 Å². The summed E-state index contributed by atoms with van der Waals surface area (Å²) in [6.45, 7) is -0.618. The SMILES string of the molecule is O=C(COC(=O)c1cccc(N2C(=O)[C@H]3[C@H]4CC[C@@H](C4)[C@@H]3C2=O)c1)NNC(=O)c1ccccc1. The standard InChI is InChI=1S/C25H23N3O6/c29-19(26-27-22(30)14-5-2-1-3-6-14)13-34-25(33)17-7-4-8-18(12-17)28-23(31)20-15-9-10-16(11-15)21(20)24(28)32/h1-8,12,15-16,20-21H,9-11,13H2,(H,26,29)(H,27,30)/t15-,16-,20-,21-/m0/s1. The number of carbonyl (C=O) groups excluding carboxylic acids is 5. The van der Waals surface area contributed by atoms with E-state index in [-0.39, 0.29) is 41.0 Å². The molecule has 5 rings (SSSR count). The van der Waals surface area contributed by atoms with Gasteiger partial charge in [0.1, 0.15) is 0 Å². The van der Waals surface area contributed by atoms with Gasteiger partial charge in [0, 0.05) is 5.56 Å². The van der Waals surface area contributed by atoms with E-state index in [4.69, 9.17) is 4.74 Å². The van der Waals surface area contributed by atoms with E-state index in [0.717, 1.165) is 19.3 Å². The van der Waals surface area contributed by atoms with Crippen molar-refractivity contribution in [1.82, 2.24) is 10.9 Å². The molecule has 9 heteroatoms. The van der Waals surface area contributed by atoms with Crippen LogP contribution in [0.1, 0.15) is 40.0 Å². The molecule has 2 bridgehead atoms. The Balaban J connectivity index is 1.18. The Morgan fingerprint density at radius 3 is 2.18 bits per heavy atom. The van der Waals surface area contributed by atoms with Crippen LogP contribution in [0, 0.1) is 23.7 Å². The van der Waals surface area contributed by atoms with Gasteiger partial charge in [-0.15, -0.1) is 0 Å². The third-order valence-electron chi connectivity index (χ3n) is 6.95. The van der Waals surface area contributed by atoms with Gasteiger partial charge in [-0.05, 0) is 61.4 Å². The molecule has 4 atom stereocenters. The van der Waals surface area contributed by atoms with Gasteiger partial charge in [-0.3, -0.25) is 34.9 Å². The number of imide groups is 1. The van der Waals surface area contributed by atoms with E-state index in [1.165, 1.54) is 17.0 Å². The first-order valence-electron chi connectivity index (χ1n) is 11.2. The lowest BCUT2D eigenvalue weighted by atomic mass is 9.81. The Hall–Kier alpha value is -4.01. The zero-order valence-electron chi connectivity index (χ0n) is 18.2. The number of benzene rings is 2. The molecule has 0 unspecified atom stereocenters. The summed E-state index contributed by atoms with van der Waals surface area (Å²) in [5, 5.41) is 0. The average Bonchev–Trinajstić information content (AvgIpc) is 3.55. The molecule has 2 aromatic carbocycles. The summed E-state index contributed by atoms with van der Waals surface area (Å²) in [5.41, 5.74) is 5.22. The van der Waals surface area contributed by atoms with Crippen LogP contribution in [0.15, 0.2) is 54.6 Å². The Bertz CT molecular complexity index is 1150. The number of amides is 4. The second kappa shape index (κ2) is 8.74. The molecule has 1 heterocycles. The van der Waals surface area contributed by atoms with Crippen molar-refractivity contribution in [1.29, 1.82) is 0 Å². The summed E-state index contributed by atoms with van der Waals surface area (Å²) < 4.78 is 5.03. The fourth-order valence-corrected chi connectivity index (χ4v) is 5.47. The Morgan fingerprint density at radius 2 is 1.50 bits per heavy atom. The summed E-state index contributed by atoms with van der Waals surface area (Å²) in [4.78, 5) is 63.6. The molecule has 2 aliphatic carbocycles. The number of hydrogen-bond acceptors (Lipinski definition) is 6. The number of rotatable bonds is 5. The fraction of sp³-hybridized carbons (Fsp3) is 0.320. The smallest absolute Gasteiger partial charge is 0.338 e. The number of carbonyl (C=O) groups is 5. The van der Waals surface area contributed by atoms with Gasteiger partial charge in [-0.2, -0.15) is 0 Å². The average molecular weight is 461 g/mol. The minimum Gasteiger partial charge on any atom is -0.452 e. The number of nitrogens with zero attached hydrogens (tertiary/aromatic N) is 1. The van der Waals surface area contributed by atoms with E-state index in [2.05, 4.69) is 10.9 Å². The minimum atomic E-state index is -0.786. The number of hydrogen-bond donors (Lipinski definition) is 2. The number of hydrazine groups is 1. The highest BCUT2D eigenvalue weighted by molar-refractivity contribution is 6.22. The van der Waals surface area contributed by atoms with Gasteiger partial charge >= 0.3 is 5.97 Å². The van der Waals surface area contributed by atoms with Crippen molar-refractivity contribution in [2.45, 2.75) is 19.3 Å². The van der Waals surface area contributed by atoms with Crippen LogP contribution >= 0.6 is 0 Å². The van der Waals surface area contributed by atoms with E-state index in [0.29, 0.717) is 11.3 Å². The molecule has 0 spiro atoms. The van der Waals surface area contributed by atoms with Crippen molar-refractivity contribution in [3.63, 3.8) is 0 Å². The number of anilines is 1. The highest BCUT2D eigenvalue weighted by Gasteiger charge is 2.61. The molecule has 2 saturated carbocycles. The van der Waals surface area contributed by atoms with Gasteiger partial charge in [0.05, 0.1) is 23.1 Å². The first kappa shape index (κ1) is 21.8. The molecule has 174 valence electrons. The second-order valence-electron chi connectivity index (χ2n) is 8.89. The van der Waals surface area contributed by atoms with Crippen LogP contribution in [0.5, 0.6) is 0 Å². The third-order valence-corrected chi connectivity index (χ3v) is 6.95. The molecule has 3 aliphatic rings. The molecule has 1 saturated heterocycles. The summed E-state index contributed by atoms with van der Waals surface area (Å²) in [6.07, 6.45) is 2.92. The van der Waals surface area contributed by atoms with Crippen molar-refractivity contribution in [2.24, 2.45) is 23.7 Å². The molecule has 4 amide bonds. The maximum absolute atomic E-state index is 13.0. The van der Waals surface area contributed by atoms with E-state index >= 15 is 0 Å². The fourth-order valence-electron chi connectivity index (χ4n) is 5.47. The highest BCUT2D eigenvalue weighted by atomic mass is 16.5. The van der Waals surface area contributed by atoms with Crippen molar-refractivity contribution in [2.75, 3.05) is 11.5 Å². The zero-order chi connectivity index (χ0) is 23.8. The largest absolute Gasteiger partial charge is 0.452 e. The van der Waals surface area contributed by atoms with Crippen molar-refractivity contribution < 1.29 is 28.7 Å². The number of fused-ring (bicyclic) bond motifs is 5. The van der Waals surface area contributed by atoms with Crippen LogP contribution in [0.2, 0.25) is 0 Å². The summed E-state index contributed by atoms with van der Waals surface area (Å²) >= 11 is 0. The predicted octanol–water partition coefficient (Wildman–Crippen LogP) is 1.84. The molecular formula is C25H23N3O6. The van der Waals surface area contributed by atoms with Gasteiger partial charge < -0.3 is 4.74 Å². The Labute approximate surface area is 195 Å². The lowest BCUT2D eigenvalue weighted by Crippen LogP contribution is -2.43. The zero-order valence-corrected chi connectivity index (χ0v) is 18.2. The van der Waals surface area contributed by atoms with Gasteiger partial charge in [-0.25, -0.2) is 4.79 Å². The Kier molecular flexibility index (Phi) is 5.61. The molecule has 0 radical (unpaired) electrons. The van der Waals surface area contributed by atoms with Crippen LogP contribution in [0.4, 0.5) is 5.69 Å². The van der Waals surface area contributed by atoms with Gasteiger partial charge in [-0.1, -0.05) is 24.3 Å². The van der Waals surface area contributed by atoms with Crippen molar-refractivity contribution >= 4 is 35.3 Å². The molecule has 3 fully saturated rings. The van der Waals surface area contributed by atoms with Crippen LogP contribution in [0.3, 0.4) is 0 Å². The normalized spacial score (nSPS) is 24.6. The second-order valence-corrected chi connectivity index (χ2v) is 8.89. The minimum absolute atomic E-state index is 0.110. The van der Waals surface area contributed by atoms with Crippen LogP contribution in [-0.4, -0.2) is 36.2 Å². The number of ether oxygens (including phenoxy) is 1. The van der Waals surface area contributed by atoms with Gasteiger partial charge in [0.2, 0.25) is 11.8 Å². The number of esters is 1. The molecule has 2 aromatic rings. The molecule has 1 aliphatic heterocycles. The maximum Gasteiger partial charge on any atom is 0.338 e. The topological polar surface area (TPSA) is 122 Å². The molecule has 2 N–H and O–H groups in total. The van der Waals surface area contributed by atoms with E-state index in [9.17, 15) is 24.0 Å². The highest BCUT2D eigenvalue weighted by Crippen LogP contribution is 2.56. The monoisotopic (exact) mass is 461 g/mol. The quantitative estimate of drug-likeness (QED) is 0.398. The molecule has 9 nitrogen and oxygen atoms in total. The van der Waals surface area contributed by atoms with E-state index in [1.807, 2.05) is 0 Å². The Morgan fingerprint density at radius 1 is 0.853 bits per heavy atom. The van der Waals surface area contributed by atoms with Crippen LogP contribution in [-0.2, 0) is 19.1 Å². The lowest BCUT2D eigenvalue weighted by Gasteiger charge is -2.19. The van der Waals surface area contributed by atoms with Crippen molar-refractivity contribution in [3.8, 4) is 0 Å². The summed E-state index contributed by atoms with van der Waals surface area (Å²) in [5.74, 6) is -2.37. The molecular weight excluding hydrogens is 438 g/mol. The first-order chi connectivity index (χ1) is 16.4. The molecule has 34 heavy (non-hydrogen) atoms. The predicted molar refractivity (Wildman–Crippen MR) is 119 cm³/mol. The first-order valence-corrected chi connectivity index (χ1v) is 11.2. The summed E-state index contributed by atoms with van der Waals surface area (Å²) in [6, 6.07) is 14.4. The van der Waals surface area contributed by atoms with Gasteiger partial charge in [0.15, 0.2) is 6.61 Å². The van der Waals surface area contributed by atoms with Gasteiger partial charge in [0.25, 0.3) is 11.8 Å². The van der Waals surface area contributed by atoms with Crippen LogP contribution < -0.4 is 15.8 Å². The van der Waals surface area contributed by atoms with Crippen LogP contribution in [0.25, 0.3) is 0 Å². The third kappa shape index (κ3) is 3.83.